The Bertz CT molecular complexity index is 1970. The Morgan fingerprint density at radius 2 is 0.907 bits per heavy atom. The van der Waals surface area contributed by atoms with Crippen molar-refractivity contribution in [3.63, 3.8) is 0 Å². The monoisotopic (exact) mass is 720 g/mol. The van der Waals surface area contributed by atoms with Gasteiger partial charge in [-0.2, -0.15) is 0 Å². The number of ether oxygens (including phenoxy) is 5. The van der Waals surface area contributed by atoms with Crippen LogP contribution in [-0.2, 0) is 35.9 Å². The van der Waals surface area contributed by atoms with Crippen LogP contribution in [0.1, 0.15) is 43.0 Å². The fourth-order valence-electron chi connectivity index (χ4n) is 6.76. The first-order valence-electron chi connectivity index (χ1n) is 17.8. The molecule has 1 heterocycles. The Morgan fingerprint density at radius 1 is 0.519 bits per heavy atom. The van der Waals surface area contributed by atoms with Gasteiger partial charge in [0, 0.05) is 0 Å². The Morgan fingerprint density at radius 3 is 1.35 bits per heavy atom. The van der Waals surface area contributed by atoms with E-state index in [2.05, 4.69) is 0 Å². The number of aliphatic hydroxyl groups excluding tert-OH is 1. The van der Waals surface area contributed by atoms with Crippen LogP contribution < -0.4 is 0 Å². The molecule has 7 rings (SSSR count). The lowest BCUT2D eigenvalue weighted by atomic mass is 9.80. The highest BCUT2D eigenvalue weighted by atomic mass is 16.7. The van der Waals surface area contributed by atoms with E-state index in [0.717, 1.165) is 22.3 Å². The van der Waals surface area contributed by atoms with Gasteiger partial charge in [-0.3, -0.25) is 0 Å². The molecule has 6 aromatic rings. The topological polar surface area (TPSA) is 101 Å². The van der Waals surface area contributed by atoms with Gasteiger partial charge in [0.1, 0.15) is 17.8 Å². The number of aliphatic hydroxyl groups is 1. The predicted molar refractivity (Wildman–Crippen MR) is 202 cm³/mol. The van der Waals surface area contributed by atoms with Gasteiger partial charge in [0.15, 0.2) is 18.5 Å². The van der Waals surface area contributed by atoms with Crippen LogP contribution in [0.4, 0.5) is 0 Å². The van der Waals surface area contributed by atoms with Crippen LogP contribution >= 0.6 is 0 Å². The number of hydrogen-bond donors (Lipinski definition) is 1. The standard InChI is InChI=1S/C46H40O8/c47-43(34-21-9-2-10-22-34)53-41-40(50-31-33-19-7-1-8-20-33)39(52-45(49)42(41)54-44(48)35-23-11-3-12-24-35)32-51-46(36-25-13-4-14-26-36,37-27-15-5-16-28-37)38-29-17-6-18-30-38/h1-30,39-42,45,49H,31-32H2/t39-,40-,41+,42-,45-/m1/s1. The van der Waals surface area contributed by atoms with E-state index in [1.54, 1.807) is 60.7 Å². The van der Waals surface area contributed by atoms with Crippen LogP contribution in [0, 0.1) is 0 Å². The van der Waals surface area contributed by atoms with Gasteiger partial charge in [-0.15, -0.1) is 0 Å². The van der Waals surface area contributed by atoms with Crippen molar-refractivity contribution in [1.82, 2.24) is 0 Å². The minimum absolute atomic E-state index is 0.0986. The molecular formula is C46H40O8. The lowest BCUT2D eigenvalue weighted by molar-refractivity contribution is -0.299. The van der Waals surface area contributed by atoms with Crippen molar-refractivity contribution in [2.24, 2.45) is 0 Å². The Hall–Kier alpha value is -5.90. The van der Waals surface area contributed by atoms with E-state index >= 15 is 0 Å². The van der Waals surface area contributed by atoms with Crippen molar-refractivity contribution in [1.29, 1.82) is 0 Å². The summed E-state index contributed by atoms with van der Waals surface area (Å²) < 4.78 is 32.1. The second kappa shape index (κ2) is 17.3. The largest absolute Gasteiger partial charge is 0.452 e. The van der Waals surface area contributed by atoms with Gasteiger partial charge in [0.2, 0.25) is 0 Å². The van der Waals surface area contributed by atoms with Gasteiger partial charge in [-0.25, -0.2) is 9.59 Å². The van der Waals surface area contributed by atoms with Crippen molar-refractivity contribution in [3.8, 4) is 0 Å². The maximum Gasteiger partial charge on any atom is 0.338 e. The lowest BCUT2D eigenvalue weighted by Crippen LogP contribution is -2.62. The van der Waals surface area contributed by atoms with E-state index in [4.69, 9.17) is 23.7 Å². The molecule has 0 saturated carbocycles. The second-order valence-electron chi connectivity index (χ2n) is 12.9. The van der Waals surface area contributed by atoms with Gasteiger partial charge in [-0.1, -0.05) is 158 Å². The molecule has 1 saturated heterocycles. The first kappa shape index (κ1) is 36.5. The molecule has 0 amide bonds. The van der Waals surface area contributed by atoms with Crippen molar-refractivity contribution >= 4 is 11.9 Å². The van der Waals surface area contributed by atoms with Crippen LogP contribution in [0.3, 0.4) is 0 Å². The minimum Gasteiger partial charge on any atom is -0.452 e. The zero-order valence-electron chi connectivity index (χ0n) is 29.4. The second-order valence-corrected chi connectivity index (χ2v) is 12.9. The first-order chi connectivity index (χ1) is 26.5. The van der Waals surface area contributed by atoms with E-state index in [1.807, 2.05) is 121 Å². The molecule has 1 aliphatic rings. The molecule has 54 heavy (non-hydrogen) atoms. The Labute approximate surface area is 314 Å². The molecular weight excluding hydrogens is 680 g/mol. The Balaban J connectivity index is 1.29. The summed E-state index contributed by atoms with van der Waals surface area (Å²) in [7, 11) is 0. The molecule has 0 bridgehead atoms. The summed E-state index contributed by atoms with van der Waals surface area (Å²) in [6.07, 6.45) is -6.57. The Kier molecular flexibility index (Phi) is 11.7. The molecule has 8 nitrogen and oxygen atoms in total. The molecule has 1 fully saturated rings. The maximum atomic E-state index is 13.7. The average Bonchev–Trinajstić information content (AvgIpc) is 3.24. The molecule has 0 aliphatic carbocycles. The molecule has 0 spiro atoms. The van der Waals surface area contributed by atoms with Gasteiger partial charge in [-0.05, 0) is 46.5 Å². The normalized spacial score (nSPS) is 19.8. The highest BCUT2D eigenvalue weighted by Crippen LogP contribution is 2.41. The van der Waals surface area contributed by atoms with Crippen LogP contribution in [-0.4, -0.2) is 54.4 Å². The summed E-state index contributed by atoms with van der Waals surface area (Å²) in [5.74, 6) is -1.41. The molecule has 1 aliphatic heterocycles. The summed E-state index contributed by atoms with van der Waals surface area (Å²) >= 11 is 0. The van der Waals surface area contributed by atoms with E-state index in [-0.39, 0.29) is 24.3 Å². The number of benzene rings is 6. The van der Waals surface area contributed by atoms with E-state index in [1.165, 1.54) is 0 Å². The fourth-order valence-corrected chi connectivity index (χ4v) is 6.76. The predicted octanol–water partition coefficient (Wildman–Crippen LogP) is 7.75. The smallest absolute Gasteiger partial charge is 0.338 e. The third-order valence-electron chi connectivity index (χ3n) is 9.40. The van der Waals surface area contributed by atoms with Crippen LogP contribution in [0.25, 0.3) is 0 Å². The summed E-state index contributed by atoms with van der Waals surface area (Å²) in [5.41, 5.74) is 2.84. The molecule has 1 N–H and O–H groups in total. The molecule has 6 aromatic carbocycles. The number of esters is 2. The van der Waals surface area contributed by atoms with Gasteiger partial charge in [0.25, 0.3) is 0 Å². The van der Waals surface area contributed by atoms with Crippen molar-refractivity contribution in [2.75, 3.05) is 6.61 Å². The van der Waals surface area contributed by atoms with E-state index in [9.17, 15) is 14.7 Å². The third kappa shape index (κ3) is 8.17. The zero-order valence-corrected chi connectivity index (χ0v) is 29.4. The molecule has 5 atom stereocenters. The summed E-state index contributed by atoms with van der Waals surface area (Å²) in [6.45, 7) is -0.0324. The van der Waals surface area contributed by atoms with Crippen LogP contribution in [0.5, 0.6) is 0 Å². The quantitative estimate of drug-likeness (QED) is 0.0956. The minimum atomic E-state index is -1.71. The van der Waals surface area contributed by atoms with Crippen molar-refractivity contribution in [3.05, 3.63) is 215 Å². The summed E-state index contributed by atoms with van der Waals surface area (Å²) in [5, 5.41) is 11.7. The van der Waals surface area contributed by atoms with Gasteiger partial charge >= 0.3 is 11.9 Å². The first-order valence-corrected chi connectivity index (χ1v) is 17.8. The molecule has 0 unspecified atom stereocenters. The van der Waals surface area contributed by atoms with Gasteiger partial charge < -0.3 is 28.8 Å². The average molecular weight is 721 g/mol. The maximum absolute atomic E-state index is 13.7. The molecule has 8 heteroatoms. The van der Waals surface area contributed by atoms with Gasteiger partial charge in [0.05, 0.1) is 24.3 Å². The van der Waals surface area contributed by atoms with Crippen LogP contribution in [0.15, 0.2) is 182 Å². The van der Waals surface area contributed by atoms with E-state index < -0.39 is 48.2 Å². The highest BCUT2D eigenvalue weighted by molar-refractivity contribution is 5.90. The van der Waals surface area contributed by atoms with Crippen LogP contribution in [0.2, 0.25) is 0 Å². The molecule has 0 radical (unpaired) electrons. The van der Waals surface area contributed by atoms with E-state index in [0.29, 0.717) is 0 Å². The van der Waals surface area contributed by atoms with Crippen molar-refractivity contribution in [2.45, 2.75) is 42.9 Å². The number of rotatable bonds is 13. The molecule has 272 valence electrons. The SMILES string of the molecule is O=C(O[C@@H]1[C@@H](OC(=O)c2ccccc2)[C@H](O)O[C@H](COC(c2ccccc2)(c2ccccc2)c2ccccc2)[C@H]1OCc1ccccc1)c1ccccc1. The third-order valence-corrected chi connectivity index (χ3v) is 9.40. The molecule has 0 aromatic heterocycles. The number of carbonyl (C=O) groups is 2. The number of hydrogen-bond acceptors (Lipinski definition) is 8. The summed E-state index contributed by atoms with van der Waals surface area (Å²) in [4.78, 5) is 27.2. The summed E-state index contributed by atoms with van der Waals surface area (Å²) in [6, 6.07) is 56.0. The van der Waals surface area contributed by atoms with Crippen molar-refractivity contribution < 1.29 is 38.4 Å². The highest BCUT2D eigenvalue weighted by Gasteiger charge is 2.52. The number of carbonyl (C=O) groups excluding carboxylic acids is 2. The fraction of sp³-hybridized carbons (Fsp3) is 0.174. The zero-order chi connectivity index (χ0) is 37.2. The lowest BCUT2D eigenvalue weighted by Gasteiger charge is -2.45.